The Bertz CT molecular complexity index is 1590. The van der Waals surface area contributed by atoms with Crippen LogP contribution in [0, 0.1) is 0 Å². The van der Waals surface area contributed by atoms with Gasteiger partial charge < -0.3 is 10.2 Å². The second kappa shape index (κ2) is 14.3. The number of benzene rings is 4. The molecular weight excluding hydrogens is 558 g/mol. The van der Waals surface area contributed by atoms with E-state index in [-0.39, 0.29) is 35.7 Å². The summed E-state index contributed by atoms with van der Waals surface area (Å²) in [6.07, 6.45) is 3.00. The first-order chi connectivity index (χ1) is 20.9. The normalized spacial score (nSPS) is 13.7. The quantitative estimate of drug-likeness (QED) is 0.210. The summed E-state index contributed by atoms with van der Waals surface area (Å²) in [5.41, 5.74) is 3.63. The molecule has 43 heavy (non-hydrogen) atoms. The van der Waals surface area contributed by atoms with Crippen LogP contribution < -0.4 is 10.0 Å². The minimum atomic E-state index is -3.54. The van der Waals surface area contributed by atoms with Crippen LogP contribution in [0.5, 0.6) is 0 Å². The molecular formula is C35H37N3O4S. The number of aryl methyl sites for hydroxylation is 1. The van der Waals surface area contributed by atoms with Gasteiger partial charge in [0.2, 0.25) is 21.8 Å². The van der Waals surface area contributed by atoms with Crippen molar-refractivity contribution in [3.8, 4) is 0 Å². The Hall–Kier alpha value is -4.27. The van der Waals surface area contributed by atoms with E-state index in [9.17, 15) is 18.0 Å². The van der Waals surface area contributed by atoms with Gasteiger partial charge in [-0.1, -0.05) is 103 Å². The number of carbonyl (C=O) groups excluding carboxylic acids is 2. The monoisotopic (exact) mass is 595 g/mol. The number of sulfonamides is 1. The van der Waals surface area contributed by atoms with Gasteiger partial charge in [0.15, 0.2) is 0 Å². The number of nitrogens with zero attached hydrogens (tertiary/aromatic N) is 1. The van der Waals surface area contributed by atoms with Crippen LogP contribution >= 0.6 is 0 Å². The molecule has 222 valence electrons. The average molecular weight is 596 g/mol. The number of nitrogens with one attached hydrogen (secondary N) is 2. The molecule has 4 aromatic carbocycles. The van der Waals surface area contributed by atoms with Gasteiger partial charge in [0.25, 0.3) is 0 Å². The molecule has 0 heterocycles. The van der Waals surface area contributed by atoms with Crippen LogP contribution in [0.15, 0.2) is 120 Å². The lowest BCUT2D eigenvalue weighted by atomic mass is 10.0. The van der Waals surface area contributed by atoms with Crippen LogP contribution in [-0.4, -0.2) is 37.7 Å². The zero-order valence-electron chi connectivity index (χ0n) is 24.1. The highest BCUT2D eigenvalue weighted by Gasteiger charge is 2.31. The molecule has 7 nitrogen and oxygen atoms in total. The van der Waals surface area contributed by atoms with Gasteiger partial charge >= 0.3 is 0 Å². The molecule has 0 bridgehead atoms. The maximum atomic E-state index is 13.9. The van der Waals surface area contributed by atoms with Gasteiger partial charge in [-0.25, -0.2) is 13.1 Å². The summed E-state index contributed by atoms with van der Waals surface area (Å²) in [5, 5.41) is 3.07. The fourth-order valence-corrected chi connectivity index (χ4v) is 6.31. The zero-order valence-corrected chi connectivity index (χ0v) is 24.9. The van der Waals surface area contributed by atoms with Gasteiger partial charge in [-0.3, -0.25) is 9.59 Å². The molecule has 1 fully saturated rings. The molecule has 1 saturated carbocycles. The molecule has 0 unspecified atom stereocenters. The molecule has 1 aliphatic rings. The van der Waals surface area contributed by atoms with E-state index in [0.29, 0.717) is 19.4 Å². The van der Waals surface area contributed by atoms with Crippen LogP contribution in [0.4, 0.5) is 0 Å². The number of rotatable bonds is 14. The molecule has 0 aliphatic heterocycles. The summed E-state index contributed by atoms with van der Waals surface area (Å²) in [4.78, 5) is 29.6. The van der Waals surface area contributed by atoms with Crippen LogP contribution in [0.25, 0.3) is 0 Å². The molecule has 0 saturated heterocycles. The van der Waals surface area contributed by atoms with Crippen molar-refractivity contribution in [2.45, 2.75) is 55.6 Å². The smallest absolute Gasteiger partial charge is 0.247 e. The van der Waals surface area contributed by atoms with Crippen LogP contribution in [0.3, 0.4) is 0 Å². The van der Waals surface area contributed by atoms with Crippen molar-refractivity contribution >= 4 is 21.8 Å². The van der Waals surface area contributed by atoms with Gasteiger partial charge in [0.05, 0.1) is 4.90 Å². The first-order valence-electron chi connectivity index (χ1n) is 14.7. The maximum Gasteiger partial charge on any atom is 0.247 e. The average Bonchev–Trinajstić information content (AvgIpc) is 3.85. The summed E-state index contributed by atoms with van der Waals surface area (Å²) >= 11 is 0. The molecule has 0 radical (unpaired) electrons. The Balaban J connectivity index is 1.33. The highest BCUT2D eigenvalue weighted by Crippen LogP contribution is 2.26. The number of hydrogen-bond acceptors (Lipinski definition) is 4. The Kier molecular flexibility index (Phi) is 10.0. The van der Waals surface area contributed by atoms with Crippen molar-refractivity contribution in [2.75, 3.05) is 6.54 Å². The Morgan fingerprint density at radius 3 is 1.88 bits per heavy atom. The lowest BCUT2D eigenvalue weighted by Gasteiger charge is -2.32. The molecule has 2 amide bonds. The van der Waals surface area contributed by atoms with Gasteiger partial charge in [-0.15, -0.1) is 0 Å². The molecule has 1 atom stereocenters. The van der Waals surface area contributed by atoms with E-state index in [1.807, 2.05) is 91.0 Å². The molecule has 5 rings (SSSR count). The standard InChI is InChI=1S/C35H37N3O4S/c39-33(23-18-28-16-21-32(22-17-28)43(41,42)37-31-19-20-31)38(26-29-12-6-2-7-13-29)34(30-14-8-3-9-15-30)35(40)36-25-24-27-10-4-1-5-11-27/h1-17,21-22,31,34,37H,18-20,23-26H2,(H,36,40)/t34-/m1/s1. The highest BCUT2D eigenvalue weighted by atomic mass is 32.2. The summed E-state index contributed by atoms with van der Waals surface area (Å²) < 4.78 is 27.8. The largest absolute Gasteiger partial charge is 0.354 e. The highest BCUT2D eigenvalue weighted by molar-refractivity contribution is 7.89. The van der Waals surface area contributed by atoms with Crippen molar-refractivity contribution in [1.82, 2.24) is 14.9 Å². The van der Waals surface area contributed by atoms with E-state index in [2.05, 4.69) is 10.0 Å². The second-order valence-electron chi connectivity index (χ2n) is 10.9. The third kappa shape index (κ3) is 8.63. The number of hydrogen-bond donors (Lipinski definition) is 2. The predicted molar refractivity (Wildman–Crippen MR) is 167 cm³/mol. The first kappa shape index (κ1) is 30.2. The van der Waals surface area contributed by atoms with E-state index in [1.54, 1.807) is 29.2 Å². The van der Waals surface area contributed by atoms with E-state index in [0.717, 1.165) is 35.1 Å². The molecule has 2 N–H and O–H groups in total. The first-order valence-corrected chi connectivity index (χ1v) is 16.2. The fraction of sp³-hybridized carbons (Fsp3) is 0.257. The molecule has 0 spiro atoms. The van der Waals surface area contributed by atoms with Crippen LogP contribution in [0.2, 0.25) is 0 Å². The minimum absolute atomic E-state index is 0.0333. The summed E-state index contributed by atoms with van der Waals surface area (Å²) in [6.45, 7) is 0.722. The van der Waals surface area contributed by atoms with E-state index < -0.39 is 16.1 Å². The number of carbonyl (C=O) groups is 2. The van der Waals surface area contributed by atoms with Crippen molar-refractivity contribution in [1.29, 1.82) is 0 Å². The molecule has 1 aliphatic carbocycles. The van der Waals surface area contributed by atoms with Crippen molar-refractivity contribution in [3.05, 3.63) is 138 Å². The van der Waals surface area contributed by atoms with E-state index in [4.69, 9.17) is 0 Å². The SMILES string of the molecule is O=C(NCCc1ccccc1)[C@@H](c1ccccc1)N(Cc1ccccc1)C(=O)CCc1ccc(S(=O)(=O)NC2CC2)cc1. The van der Waals surface area contributed by atoms with Gasteiger partial charge in [-0.2, -0.15) is 0 Å². The lowest BCUT2D eigenvalue weighted by molar-refractivity contribution is -0.141. The van der Waals surface area contributed by atoms with E-state index in [1.165, 1.54) is 0 Å². The fourth-order valence-electron chi connectivity index (χ4n) is 5.00. The number of amides is 2. The Morgan fingerprint density at radius 2 is 1.28 bits per heavy atom. The van der Waals surface area contributed by atoms with Gasteiger partial charge in [-0.05, 0) is 60.1 Å². The predicted octanol–water partition coefficient (Wildman–Crippen LogP) is 5.19. The minimum Gasteiger partial charge on any atom is -0.354 e. The van der Waals surface area contributed by atoms with E-state index >= 15 is 0 Å². The van der Waals surface area contributed by atoms with Gasteiger partial charge in [0, 0.05) is 25.6 Å². The maximum absolute atomic E-state index is 13.9. The van der Waals surface area contributed by atoms with Gasteiger partial charge in [0.1, 0.15) is 6.04 Å². The molecule has 4 aromatic rings. The van der Waals surface area contributed by atoms with Crippen molar-refractivity contribution < 1.29 is 18.0 Å². The Labute approximate surface area is 254 Å². The van der Waals surface area contributed by atoms with Crippen molar-refractivity contribution in [2.24, 2.45) is 0 Å². The summed E-state index contributed by atoms with van der Waals surface area (Å²) in [6, 6.07) is 34.9. The summed E-state index contributed by atoms with van der Waals surface area (Å²) in [7, 11) is -3.54. The van der Waals surface area contributed by atoms with Crippen LogP contribution in [0.1, 0.15) is 47.6 Å². The van der Waals surface area contributed by atoms with Crippen molar-refractivity contribution in [3.63, 3.8) is 0 Å². The molecule has 0 aromatic heterocycles. The summed E-state index contributed by atoms with van der Waals surface area (Å²) in [5.74, 6) is -0.396. The lowest BCUT2D eigenvalue weighted by Crippen LogP contribution is -2.44. The Morgan fingerprint density at radius 1 is 0.721 bits per heavy atom. The zero-order chi connectivity index (χ0) is 30.1. The molecule has 8 heteroatoms. The van der Waals surface area contributed by atoms with Crippen LogP contribution in [-0.2, 0) is 39.0 Å². The third-order valence-electron chi connectivity index (χ3n) is 7.51. The second-order valence-corrected chi connectivity index (χ2v) is 12.6. The third-order valence-corrected chi connectivity index (χ3v) is 9.04. The topological polar surface area (TPSA) is 95.6 Å².